The van der Waals surface area contributed by atoms with E-state index in [9.17, 15) is 13.6 Å². The molecule has 4 heterocycles. The highest BCUT2D eigenvalue weighted by Gasteiger charge is 2.45. The van der Waals surface area contributed by atoms with Gasteiger partial charge in [-0.1, -0.05) is 12.8 Å². The Labute approximate surface area is 203 Å². The zero-order valence-electron chi connectivity index (χ0n) is 20.0. The van der Waals surface area contributed by atoms with E-state index in [-0.39, 0.29) is 36.2 Å². The fourth-order valence-electron chi connectivity index (χ4n) is 6.23. The number of H-pyrrole nitrogens is 1. The summed E-state index contributed by atoms with van der Waals surface area (Å²) in [6.45, 7) is 2.22. The molecule has 0 radical (unpaired) electrons. The summed E-state index contributed by atoms with van der Waals surface area (Å²) in [6.07, 6.45) is 9.37. The molecule has 1 saturated carbocycles. The van der Waals surface area contributed by atoms with E-state index in [0.29, 0.717) is 29.9 Å². The smallest absolute Gasteiger partial charge is 0.278 e. The van der Waals surface area contributed by atoms with Gasteiger partial charge >= 0.3 is 0 Å². The van der Waals surface area contributed by atoms with Gasteiger partial charge in [0.25, 0.3) is 5.92 Å². The summed E-state index contributed by atoms with van der Waals surface area (Å²) in [5.74, 6) is -1.48. The summed E-state index contributed by atoms with van der Waals surface area (Å²) in [7, 11) is 0. The van der Waals surface area contributed by atoms with Gasteiger partial charge in [-0.3, -0.25) is 9.89 Å². The van der Waals surface area contributed by atoms with Crippen molar-refractivity contribution in [3.63, 3.8) is 0 Å². The van der Waals surface area contributed by atoms with Crippen LogP contribution in [0, 0.1) is 0 Å². The van der Waals surface area contributed by atoms with E-state index in [2.05, 4.69) is 25.5 Å². The minimum Gasteiger partial charge on any atom is -0.341 e. The lowest BCUT2D eigenvalue weighted by atomic mass is 10.0. The highest BCUT2D eigenvalue weighted by atomic mass is 19.3. The number of amides is 1. The summed E-state index contributed by atoms with van der Waals surface area (Å²) in [5.41, 5.74) is 1.27. The molecule has 6 rings (SSSR count). The molecule has 1 atom stereocenters. The quantitative estimate of drug-likeness (QED) is 0.642. The van der Waals surface area contributed by atoms with Crippen LogP contribution in [0.4, 0.5) is 26.4 Å². The van der Waals surface area contributed by atoms with Crippen LogP contribution in [-0.2, 0) is 17.1 Å². The Hall–Kier alpha value is -2.78. The van der Waals surface area contributed by atoms with Crippen LogP contribution in [0.2, 0.25) is 0 Å². The highest BCUT2D eigenvalue weighted by molar-refractivity contribution is 5.85. The summed E-state index contributed by atoms with van der Waals surface area (Å²) >= 11 is 0. The molecule has 2 saturated heterocycles. The minimum atomic E-state index is -2.99. The van der Waals surface area contributed by atoms with Crippen LogP contribution in [0.15, 0.2) is 6.07 Å². The zero-order chi connectivity index (χ0) is 24.0. The van der Waals surface area contributed by atoms with Crippen molar-refractivity contribution in [3.8, 4) is 0 Å². The highest BCUT2D eigenvalue weighted by Crippen LogP contribution is 2.46. The number of carbonyl (C=O) groups excluding carboxylic acids is 1. The van der Waals surface area contributed by atoms with Gasteiger partial charge in [0.2, 0.25) is 11.9 Å². The van der Waals surface area contributed by atoms with Crippen molar-refractivity contribution in [1.82, 2.24) is 25.1 Å². The first kappa shape index (κ1) is 22.7. The van der Waals surface area contributed by atoms with E-state index in [1.54, 1.807) is 0 Å². The fraction of sp³-hybridized carbons (Fsp3) is 0.680. The Bertz CT molecular complexity index is 1090. The third-order valence-corrected chi connectivity index (χ3v) is 8.12. The van der Waals surface area contributed by atoms with Crippen LogP contribution < -0.4 is 10.2 Å². The monoisotopic (exact) mass is 485 g/mol. The number of aromatic amines is 1. The van der Waals surface area contributed by atoms with Crippen molar-refractivity contribution in [1.29, 1.82) is 0 Å². The molecular weight excluding hydrogens is 452 g/mol. The van der Waals surface area contributed by atoms with Crippen LogP contribution in [0.3, 0.4) is 0 Å². The van der Waals surface area contributed by atoms with Crippen molar-refractivity contribution >= 4 is 23.5 Å². The van der Waals surface area contributed by atoms with Crippen molar-refractivity contribution in [3.05, 3.63) is 23.0 Å². The average Bonchev–Trinajstić information content (AvgIpc) is 3.66. The standard InChI is InChI=1S/C25H33F2N7O/c26-25(27)11-10-17-21(25)22(29-20-15-18(31-32-20)16-7-2-3-8-16)30-24(28-17)34-14-6-9-19(34)23(35)33-12-4-1-5-13-33/h15-16,19H,1-14H2,(H2,28,29,30,31,32). The van der Waals surface area contributed by atoms with Crippen molar-refractivity contribution < 1.29 is 13.6 Å². The number of halogens is 2. The number of likely N-dealkylation sites (tertiary alicyclic amines) is 1. The summed E-state index contributed by atoms with van der Waals surface area (Å²) in [5, 5.41) is 10.5. The number of fused-ring (bicyclic) bond motifs is 1. The SMILES string of the molecule is O=C(C1CCCN1c1nc2c(c(Nc3cc(C4CCCC4)[nH]n3)n1)C(F)(F)CC2)N1CCCCC1. The second-order valence-electron chi connectivity index (χ2n) is 10.5. The lowest BCUT2D eigenvalue weighted by Gasteiger charge is -2.33. The second-order valence-corrected chi connectivity index (χ2v) is 10.5. The number of hydrogen-bond acceptors (Lipinski definition) is 6. The molecule has 10 heteroatoms. The third kappa shape index (κ3) is 4.25. The normalized spacial score (nSPS) is 24.2. The number of aromatic nitrogens is 4. The van der Waals surface area contributed by atoms with Gasteiger partial charge in [0.15, 0.2) is 5.82 Å². The summed E-state index contributed by atoms with van der Waals surface area (Å²) in [6, 6.07) is 1.58. The number of nitrogens with zero attached hydrogens (tertiary/aromatic N) is 5. The molecule has 2 aromatic heterocycles. The molecule has 1 unspecified atom stereocenters. The number of anilines is 3. The molecule has 4 aliphatic rings. The van der Waals surface area contributed by atoms with Gasteiger partial charge in [0.05, 0.1) is 11.3 Å². The maximum absolute atomic E-state index is 14.9. The average molecular weight is 486 g/mol. The predicted octanol–water partition coefficient (Wildman–Crippen LogP) is 4.62. The van der Waals surface area contributed by atoms with Crippen molar-refractivity contribution in [2.24, 2.45) is 0 Å². The number of alkyl halides is 2. The van der Waals surface area contributed by atoms with Gasteiger partial charge < -0.3 is 15.1 Å². The lowest BCUT2D eigenvalue weighted by Crippen LogP contribution is -2.48. The summed E-state index contributed by atoms with van der Waals surface area (Å²) < 4.78 is 29.8. The zero-order valence-corrected chi connectivity index (χ0v) is 20.0. The summed E-state index contributed by atoms with van der Waals surface area (Å²) in [4.78, 5) is 26.4. The van der Waals surface area contributed by atoms with Crippen molar-refractivity contribution in [2.75, 3.05) is 29.9 Å². The van der Waals surface area contributed by atoms with Gasteiger partial charge in [0, 0.05) is 43.7 Å². The van der Waals surface area contributed by atoms with Crippen LogP contribution >= 0.6 is 0 Å². The molecule has 2 aliphatic heterocycles. The van der Waals surface area contributed by atoms with Crippen LogP contribution in [0.1, 0.15) is 87.1 Å². The number of rotatable bonds is 5. The van der Waals surface area contributed by atoms with E-state index in [4.69, 9.17) is 0 Å². The topological polar surface area (TPSA) is 90.0 Å². The number of piperidine rings is 1. The van der Waals surface area contributed by atoms with E-state index in [1.165, 1.54) is 12.8 Å². The Balaban J connectivity index is 1.30. The predicted molar refractivity (Wildman–Crippen MR) is 128 cm³/mol. The molecule has 0 spiro atoms. The van der Waals surface area contributed by atoms with Gasteiger partial charge in [-0.05, 0) is 51.4 Å². The second kappa shape index (κ2) is 9.02. The number of hydrogen-bond donors (Lipinski definition) is 2. The van der Waals surface area contributed by atoms with Crippen LogP contribution in [0.5, 0.6) is 0 Å². The molecule has 0 aromatic carbocycles. The van der Waals surface area contributed by atoms with Crippen LogP contribution in [-0.4, -0.2) is 56.6 Å². The Kier molecular flexibility index (Phi) is 5.84. The maximum Gasteiger partial charge on any atom is 0.278 e. The molecule has 188 valence electrons. The van der Waals surface area contributed by atoms with Gasteiger partial charge in [0.1, 0.15) is 11.9 Å². The number of aryl methyl sites for hydroxylation is 1. The first-order chi connectivity index (χ1) is 17.0. The van der Waals surface area contributed by atoms with Gasteiger partial charge in [-0.2, -0.15) is 10.1 Å². The first-order valence-electron chi connectivity index (χ1n) is 13.2. The molecule has 35 heavy (non-hydrogen) atoms. The Morgan fingerprint density at radius 3 is 2.63 bits per heavy atom. The van der Waals surface area contributed by atoms with Crippen molar-refractivity contribution in [2.45, 2.75) is 88.5 Å². The fourth-order valence-corrected chi connectivity index (χ4v) is 6.23. The molecule has 2 N–H and O–H groups in total. The number of nitrogens with one attached hydrogen (secondary N) is 2. The molecule has 2 aliphatic carbocycles. The van der Waals surface area contributed by atoms with E-state index >= 15 is 0 Å². The molecule has 8 nitrogen and oxygen atoms in total. The molecular formula is C25H33F2N7O. The maximum atomic E-state index is 14.9. The largest absolute Gasteiger partial charge is 0.341 e. The minimum absolute atomic E-state index is 0.105. The molecule has 2 aromatic rings. The molecule has 1 amide bonds. The number of carbonyl (C=O) groups is 1. The van der Waals surface area contributed by atoms with Gasteiger partial charge in [-0.25, -0.2) is 13.8 Å². The first-order valence-corrected chi connectivity index (χ1v) is 13.2. The lowest BCUT2D eigenvalue weighted by molar-refractivity contribution is -0.133. The Morgan fingerprint density at radius 1 is 1.03 bits per heavy atom. The van der Waals surface area contributed by atoms with E-state index in [1.807, 2.05) is 15.9 Å². The molecule has 3 fully saturated rings. The van der Waals surface area contributed by atoms with E-state index in [0.717, 1.165) is 63.7 Å². The molecule has 0 bridgehead atoms. The van der Waals surface area contributed by atoms with E-state index < -0.39 is 5.92 Å². The Morgan fingerprint density at radius 2 is 1.83 bits per heavy atom. The van der Waals surface area contributed by atoms with Gasteiger partial charge in [-0.15, -0.1) is 0 Å². The third-order valence-electron chi connectivity index (χ3n) is 8.12. The van der Waals surface area contributed by atoms with Crippen LogP contribution in [0.25, 0.3) is 0 Å².